The molecule has 0 radical (unpaired) electrons. The van der Waals surface area contributed by atoms with E-state index in [9.17, 15) is 23.3 Å². The van der Waals surface area contributed by atoms with Crippen LogP contribution in [0.2, 0.25) is 0 Å². The van der Waals surface area contributed by atoms with Gasteiger partial charge in [0.25, 0.3) is 0 Å². The van der Waals surface area contributed by atoms with Crippen molar-refractivity contribution in [2.45, 2.75) is 66.0 Å². The van der Waals surface area contributed by atoms with Gasteiger partial charge in [-0.3, -0.25) is 18.7 Å². The van der Waals surface area contributed by atoms with Crippen molar-refractivity contribution in [3.63, 3.8) is 0 Å². The first-order chi connectivity index (χ1) is 17.4. The number of rotatable bonds is 11. The summed E-state index contributed by atoms with van der Waals surface area (Å²) < 4.78 is 60.3. The third kappa shape index (κ3) is 8.72. The van der Waals surface area contributed by atoms with E-state index in [4.69, 9.17) is 45.1 Å². The molecule has 2 heterocycles. The number of nitrogens with two attached hydrogens (primary N) is 1. The first-order valence-electron chi connectivity index (χ1n) is 11.5. The van der Waals surface area contributed by atoms with E-state index in [-0.39, 0.29) is 18.1 Å². The predicted octanol–water partition coefficient (Wildman–Crippen LogP) is 3.31. The van der Waals surface area contributed by atoms with Crippen LogP contribution < -0.4 is 11.4 Å². The number of alkyl halides is 2. The second-order valence-electron chi connectivity index (χ2n) is 10.7. The van der Waals surface area contributed by atoms with Crippen LogP contribution in [0.3, 0.4) is 0 Å². The average Bonchev–Trinajstić information content (AvgIpc) is 3.13. The zero-order chi connectivity index (χ0) is 28.9. The lowest BCUT2D eigenvalue weighted by Gasteiger charge is -2.28. The van der Waals surface area contributed by atoms with E-state index < -0.39 is 74.5 Å². The molecule has 13 nitrogen and oxygen atoms in total. The quantitative estimate of drug-likeness (QED) is 0.174. The van der Waals surface area contributed by atoms with E-state index >= 15 is 0 Å². The average molecular weight is 586 g/mol. The van der Waals surface area contributed by atoms with Gasteiger partial charge in [-0.25, -0.2) is 22.8 Å². The summed E-state index contributed by atoms with van der Waals surface area (Å²) in [4.78, 5) is 39.8. The third-order valence-electron chi connectivity index (χ3n) is 5.13. The van der Waals surface area contributed by atoms with E-state index in [1.165, 1.54) is 12.3 Å². The van der Waals surface area contributed by atoms with Crippen LogP contribution in [0.15, 0.2) is 17.1 Å². The van der Waals surface area contributed by atoms with Gasteiger partial charge in [-0.1, -0.05) is 0 Å². The van der Waals surface area contributed by atoms with Gasteiger partial charge in [0.15, 0.2) is 6.23 Å². The van der Waals surface area contributed by atoms with E-state index in [0.29, 0.717) is 0 Å². The Morgan fingerprint density at radius 2 is 1.68 bits per heavy atom. The Labute approximate surface area is 224 Å². The van der Waals surface area contributed by atoms with Crippen molar-refractivity contribution in [1.29, 1.82) is 0 Å². The Hall–Kier alpha value is -2.09. The number of hydrogen-bond donors (Lipinski definition) is 1. The third-order valence-corrected chi connectivity index (χ3v) is 6.90. The van der Waals surface area contributed by atoms with Gasteiger partial charge in [-0.2, -0.15) is 4.98 Å². The molecule has 1 saturated heterocycles. The van der Waals surface area contributed by atoms with Crippen LogP contribution in [0.1, 0.15) is 54.2 Å². The number of carbonyl (C=O) groups excluding carboxylic acids is 2. The van der Waals surface area contributed by atoms with Gasteiger partial charge in [-0.15, -0.1) is 11.6 Å². The summed E-state index contributed by atoms with van der Waals surface area (Å²) in [5.41, 5.74) is 1.31. The summed E-state index contributed by atoms with van der Waals surface area (Å²) >= 11 is 6.06. The highest BCUT2D eigenvalue weighted by Gasteiger charge is 2.49. The van der Waals surface area contributed by atoms with Crippen LogP contribution in [0.25, 0.3) is 0 Å². The Bertz CT molecular complexity index is 1070. The van der Waals surface area contributed by atoms with Crippen molar-refractivity contribution >= 4 is 37.2 Å². The van der Waals surface area contributed by atoms with Crippen molar-refractivity contribution in [2.24, 2.45) is 10.8 Å². The fraction of sp³-hybridized carbons (Fsp3) is 0.727. The number of nitrogen functional groups attached to an aromatic ring is 1. The highest BCUT2D eigenvalue weighted by molar-refractivity contribution is 7.48. The van der Waals surface area contributed by atoms with Crippen molar-refractivity contribution in [2.75, 3.05) is 31.8 Å². The summed E-state index contributed by atoms with van der Waals surface area (Å²) in [7, 11) is -4.59. The van der Waals surface area contributed by atoms with Crippen molar-refractivity contribution in [3.8, 4) is 0 Å². The van der Waals surface area contributed by atoms with Gasteiger partial charge in [0, 0.05) is 12.6 Å². The zero-order valence-corrected chi connectivity index (χ0v) is 23.8. The summed E-state index contributed by atoms with van der Waals surface area (Å²) in [6.45, 7) is 7.32. The molecule has 16 heteroatoms. The number of ether oxygens (including phenoxy) is 3. The minimum absolute atomic E-state index is 0.0545. The molecule has 2 N–H and O–H groups in total. The number of esters is 2. The molecule has 0 bridgehead atoms. The van der Waals surface area contributed by atoms with Crippen molar-refractivity contribution in [1.82, 2.24) is 9.55 Å². The number of anilines is 1. The van der Waals surface area contributed by atoms with Gasteiger partial charge < -0.3 is 19.9 Å². The van der Waals surface area contributed by atoms with Crippen LogP contribution >= 0.6 is 19.4 Å². The minimum atomic E-state index is -4.59. The number of carbonyl (C=O) groups is 2. The van der Waals surface area contributed by atoms with Gasteiger partial charge in [0.1, 0.15) is 17.6 Å². The van der Waals surface area contributed by atoms with Gasteiger partial charge >= 0.3 is 25.5 Å². The maximum atomic E-state index is 15.0. The standard InChI is InChI=1S/C22H34ClFN3O10P/c1-20(2,3)17(28)32-12-35-38(31,36-13-33-18(29)21(4,5)6)34-11-22(10-23)9-14(24)16(37-22)27-8-7-15(25)26-19(27)30/h7-8,14,16H,9-13H2,1-6H3,(H2,25,26,30)/t14-,16-,22-/m1/s1. The van der Waals surface area contributed by atoms with Gasteiger partial charge in [0.05, 0.1) is 23.3 Å². The van der Waals surface area contributed by atoms with E-state index in [0.717, 1.165) is 4.57 Å². The lowest BCUT2D eigenvalue weighted by atomic mass is 9.98. The molecular formula is C22H34ClFN3O10P. The molecule has 1 aliphatic heterocycles. The molecular weight excluding hydrogens is 552 g/mol. The Kier molecular flexibility index (Phi) is 10.5. The Morgan fingerprint density at radius 3 is 2.13 bits per heavy atom. The molecule has 0 aliphatic carbocycles. The number of halogens is 2. The first kappa shape index (κ1) is 32.1. The molecule has 1 aliphatic rings. The molecule has 1 fully saturated rings. The molecule has 2 rings (SSSR count). The molecule has 216 valence electrons. The lowest BCUT2D eigenvalue weighted by molar-refractivity contribution is -0.164. The Morgan fingerprint density at radius 1 is 1.16 bits per heavy atom. The van der Waals surface area contributed by atoms with Crippen molar-refractivity contribution in [3.05, 3.63) is 22.7 Å². The number of phosphoric acid groups is 1. The smallest absolute Gasteiger partial charge is 0.437 e. The topological polar surface area (TPSA) is 167 Å². The Balaban J connectivity index is 2.15. The monoisotopic (exact) mass is 585 g/mol. The minimum Gasteiger partial charge on any atom is -0.437 e. The second kappa shape index (κ2) is 12.4. The van der Waals surface area contributed by atoms with Crippen molar-refractivity contribution < 1.29 is 46.3 Å². The number of aromatic nitrogens is 2. The van der Waals surface area contributed by atoms with Crippen LogP contribution in [-0.2, 0) is 41.9 Å². The summed E-state index contributed by atoms with van der Waals surface area (Å²) in [6, 6.07) is 1.29. The zero-order valence-electron chi connectivity index (χ0n) is 22.1. The van der Waals surface area contributed by atoms with Gasteiger partial charge in [0.2, 0.25) is 13.6 Å². The summed E-state index contributed by atoms with van der Waals surface area (Å²) in [5.74, 6) is -1.71. The molecule has 1 aromatic rings. The molecule has 0 saturated carbocycles. The maximum absolute atomic E-state index is 15.0. The number of nitrogens with zero attached hydrogens (tertiary/aromatic N) is 2. The predicted molar refractivity (Wildman–Crippen MR) is 133 cm³/mol. The summed E-state index contributed by atoms with van der Waals surface area (Å²) in [6.07, 6.45) is -2.27. The number of phosphoric ester groups is 1. The first-order valence-corrected chi connectivity index (χ1v) is 13.5. The molecule has 1 aromatic heterocycles. The largest absolute Gasteiger partial charge is 0.480 e. The second-order valence-corrected chi connectivity index (χ2v) is 12.6. The maximum Gasteiger partial charge on any atom is 0.480 e. The van der Waals surface area contributed by atoms with Crippen LogP contribution in [0.5, 0.6) is 0 Å². The fourth-order valence-corrected chi connectivity index (χ4v) is 4.16. The van der Waals surface area contributed by atoms with E-state index in [2.05, 4.69) is 4.98 Å². The molecule has 3 atom stereocenters. The van der Waals surface area contributed by atoms with Gasteiger partial charge in [-0.05, 0) is 47.6 Å². The molecule has 0 aromatic carbocycles. The fourth-order valence-electron chi connectivity index (χ4n) is 2.93. The van der Waals surface area contributed by atoms with Crippen LogP contribution in [0.4, 0.5) is 10.2 Å². The van der Waals surface area contributed by atoms with Crippen LogP contribution in [-0.4, -0.2) is 59.3 Å². The van der Waals surface area contributed by atoms with E-state index in [1.54, 1.807) is 41.5 Å². The SMILES string of the molecule is CC(C)(C)C(=O)OCOP(=O)(OCOC(=O)C(C)(C)C)OC[C@]1(CCl)C[C@@H](F)[C@H](n2ccc(N)nc2=O)O1. The molecule has 38 heavy (non-hydrogen) atoms. The highest BCUT2D eigenvalue weighted by atomic mass is 35.5. The molecule has 0 amide bonds. The van der Waals surface area contributed by atoms with E-state index in [1.807, 2.05) is 0 Å². The molecule has 0 unspecified atom stereocenters. The molecule has 0 spiro atoms. The number of hydrogen-bond acceptors (Lipinski definition) is 12. The van der Waals surface area contributed by atoms with Crippen LogP contribution in [0, 0.1) is 10.8 Å². The normalized spacial score (nSPS) is 22.3. The highest BCUT2D eigenvalue weighted by Crippen LogP contribution is 2.52. The summed E-state index contributed by atoms with van der Waals surface area (Å²) in [5, 5.41) is 0. The lowest BCUT2D eigenvalue weighted by Crippen LogP contribution is -2.37.